The van der Waals surface area contributed by atoms with Gasteiger partial charge >= 0.3 is 5.97 Å². The Hall–Kier alpha value is -1.29. The van der Waals surface area contributed by atoms with Gasteiger partial charge in [0, 0.05) is 6.42 Å². The smallest absolute Gasteiger partial charge is 0.311 e. The van der Waals surface area contributed by atoms with Gasteiger partial charge in [0.25, 0.3) is 0 Å². The van der Waals surface area contributed by atoms with Crippen LogP contribution in [0.25, 0.3) is 0 Å². The first-order chi connectivity index (χ1) is 6.58. The van der Waals surface area contributed by atoms with Crippen LogP contribution in [0.5, 0.6) is 0 Å². The van der Waals surface area contributed by atoms with Gasteiger partial charge in [-0.1, -0.05) is 0 Å². The van der Waals surface area contributed by atoms with Crippen LogP contribution in [0.15, 0.2) is 16.5 Å². The lowest BCUT2D eigenvalue weighted by Gasteiger charge is -2.00. The van der Waals surface area contributed by atoms with Crippen LogP contribution in [0, 0.1) is 0 Å². The molecule has 0 amide bonds. The van der Waals surface area contributed by atoms with E-state index in [1.807, 2.05) is 0 Å². The van der Waals surface area contributed by atoms with Crippen LogP contribution >= 0.6 is 0 Å². The standard InChI is InChI=1S/C10H14O4/c1-7(11)2-3-8-4-5-9(14-8)6-10(12)13/h4-5,7,11H,2-3,6H2,1H3,(H,12,13)/t7-/m1/s1. The molecule has 1 rings (SSSR count). The van der Waals surface area contributed by atoms with Crippen LogP contribution in [0.2, 0.25) is 0 Å². The van der Waals surface area contributed by atoms with E-state index in [1.165, 1.54) is 0 Å². The Morgan fingerprint density at radius 2 is 2.14 bits per heavy atom. The third kappa shape index (κ3) is 3.62. The van der Waals surface area contributed by atoms with E-state index in [1.54, 1.807) is 19.1 Å². The molecule has 0 aromatic carbocycles. The SMILES string of the molecule is C[C@@H](O)CCc1ccc(CC(=O)O)o1. The van der Waals surface area contributed by atoms with Gasteiger partial charge in [-0.25, -0.2) is 0 Å². The number of carboxylic acids is 1. The lowest BCUT2D eigenvalue weighted by atomic mass is 10.2. The van der Waals surface area contributed by atoms with Gasteiger partial charge in [-0.3, -0.25) is 4.79 Å². The fourth-order valence-corrected chi connectivity index (χ4v) is 1.15. The molecule has 0 radical (unpaired) electrons. The van der Waals surface area contributed by atoms with Gasteiger partial charge in [-0.05, 0) is 25.5 Å². The summed E-state index contributed by atoms with van der Waals surface area (Å²) in [7, 11) is 0. The van der Waals surface area contributed by atoms with Crippen molar-refractivity contribution < 1.29 is 19.4 Å². The molecule has 0 fully saturated rings. The molecule has 0 aliphatic rings. The summed E-state index contributed by atoms with van der Waals surface area (Å²) in [5.74, 6) is 0.279. The van der Waals surface area contributed by atoms with E-state index in [0.717, 1.165) is 5.76 Å². The number of aryl methyl sites for hydroxylation is 1. The van der Waals surface area contributed by atoms with E-state index in [9.17, 15) is 4.79 Å². The van der Waals surface area contributed by atoms with E-state index in [0.29, 0.717) is 18.6 Å². The average Bonchev–Trinajstić information content (AvgIpc) is 2.47. The van der Waals surface area contributed by atoms with Crippen LogP contribution in [0.3, 0.4) is 0 Å². The summed E-state index contributed by atoms with van der Waals surface area (Å²) in [6.45, 7) is 1.71. The molecule has 0 unspecified atom stereocenters. The van der Waals surface area contributed by atoms with Crippen molar-refractivity contribution in [2.45, 2.75) is 32.3 Å². The second kappa shape index (κ2) is 4.81. The zero-order valence-corrected chi connectivity index (χ0v) is 8.06. The second-order valence-electron chi connectivity index (χ2n) is 3.33. The highest BCUT2D eigenvalue weighted by molar-refractivity contribution is 5.69. The maximum atomic E-state index is 10.3. The Balaban J connectivity index is 2.46. The first-order valence-corrected chi connectivity index (χ1v) is 4.55. The Morgan fingerprint density at radius 1 is 1.50 bits per heavy atom. The molecule has 0 aliphatic heterocycles. The third-order valence-electron chi connectivity index (χ3n) is 1.85. The first kappa shape index (κ1) is 10.8. The van der Waals surface area contributed by atoms with Crippen molar-refractivity contribution >= 4 is 5.97 Å². The number of furan rings is 1. The minimum Gasteiger partial charge on any atom is -0.481 e. The molecule has 1 aromatic heterocycles. The van der Waals surface area contributed by atoms with Gasteiger partial charge in [-0.15, -0.1) is 0 Å². The second-order valence-corrected chi connectivity index (χ2v) is 3.33. The summed E-state index contributed by atoms with van der Waals surface area (Å²) in [6, 6.07) is 3.41. The Kier molecular flexibility index (Phi) is 3.71. The highest BCUT2D eigenvalue weighted by Crippen LogP contribution is 2.11. The first-order valence-electron chi connectivity index (χ1n) is 4.55. The molecule has 0 aliphatic carbocycles. The van der Waals surface area contributed by atoms with E-state index in [-0.39, 0.29) is 12.5 Å². The molecular weight excluding hydrogens is 184 g/mol. The fraction of sp³-hybridized carbons (Fsp3) is 0.500. The Bertz CT molecular complexity index is 301. The molecule has 0 spiro atoms. The molecule has 0 bridgehead atoms. The fourth-order valence-electron chi connectivity index (χ4n) is 1.15. The minimum atomic E-state index is -0.901. The van der Waals surface area contributed by atoms with E-state index >= 15 is 0 Å². The van der Waals surface area contributed by atoms with Crippen LogP contribution < -0.4 is 0 Å². The van der Waals surface area contributed by atoms with Crippen molar-refractivity contribution in [3.63, 3.8) is 0 Å². The summed E-state index contributed by atoms with van der Waals surface area (Å²) >= 11 is 0. The molecule has 1 atom stereocenters. The predicted molar refractivity (Wildman–Crippen MR) is 50.0 cm³/mol. The largest absolute Gasteiger partial charge is 0.481 e. The molecule has 1 heterocycles. The maximum Gasteiger partial charge on any atom is 0.311 e. The zero-order chi connectivity index (χ0) is 10.6. The van der Waals surface area contributed by atoms with Crippen LogP contribution in [-0.2, 0) is 17.6 Å². The number of rotatable bonds is 5. The van der Waals surface area contributed by atoms with Gasteiger partial charge in [-0.2, -0.15) is 0 Å². The number of carbonyl (C=O) groups is 1. The number of aliphatic hydroxyl groups excluding tert-OH is 1. The topological polar surface area (TPSA) is 70.7 Å². The molecule has 1 aromatic rings. The predicted octanol–water partition coefficient (Wildman–Crippen LogP) is 1.22. The van der Waals surface area contributed by atoms with Crippen molar-refractivity contribution in [2.75, 3.05) is 0 Å². The molecule has 0 saturated carbocycles. The summed E-state index contributed by atoms with van der Waals surface area (Å²) in [5, 5.41) is 17.5. The van der Waals surface area contributed by atoms with Crippen molar-refractivity contribution in [1.82, 2.24) is 0 Å². The molecule has 4 nitrogen and oxygen atoms in total. The number of hydrogen-bond donors (Lipinski definition) is 2. The monoisotopic (exact) mass is 198 g/mol. The lowest BCUT2D eigenvalue weighted by molar-refractivity contribution is -0.136. The normalized spacial score (nSPS) is 12.7. The number of aliphatic carboxylic acids is 1. The van der Waals surface area contributed by atoms with E-state index in [2.05, 4.69) is 0 Å². The average molecular weight is 198 g/mol. The summed E-state index contributed by atoms with van der Waals surface area (Å²) in [6.07, 6.45) is 0.814. The summed E-state index contributed by atoms with van der Waals surface area (Å²) in [5.41, 5.74) is 0. The molecule has 14 heavy (non-hydrogen) atoms. The molecular formula is C10H14O4. The molecule has 0 saturated heterocycles. The molecule has 2 N–H and O–H groups in total. The van der Waals surface area contributed by atoms with Gasteiger partial charge in [0.2, 0.25) is 0 Å². The van der Waals surface area contributed by atoms with Crippen molar-refractivity contribution in [3.05, 3.63) is 23.7 Å². The summed E-state index contributed by atoms with van der Waals surface area (Å²) < 4.78 is 5.25. The molecule has 4 heteroatoms. The number of aliphatic hydroxyl groups is 1. The number of carboxylic acid groups (broad SMARTS) is 1. The van der Waals surface area contributed by atoms with E-state index < -0.39 is 5.97 Å². The Labute approximate surface area is 82.2 Å². The number of hydrogen-bond acceptors (Lipinski definition) is 3. The van der Waals surface area contributed by atoms with Gasteiger partial charge in [0.05, 0.1) is 6.10 Å². The van der Waals surface area contributed by atoms with Gasteiger partial charge < -0.3 is 14.6 Å². The van der Waals surface area contributed by atoms with Gasteiger partial charge in [0.15, 0.2) is 0 Å². The van der Waals surface area contributed by atoms with Crippen LogP contribution in [0.4, 0.5) is 0 Å². The van der Waals surface area contributed by atoms with Crippen molar-refractivity contribution in [1.29, 1.82) is 0 Å². The van der Waals surface area contributed by atoms with E-state index in [4.69, 9.17) is 14.6 Å². The zero-order valence-electron chi connectivity index (χ0n) is 8.06. The van der Waals surface area contributed by atoms with Gasteiger partial charge in [0.1, 0.15) is 17.9 Å². The highest BCUT2D eigenvalue weighted by atomic mass is 16.4. The quantitative estimate of drug-likeness (QED) is 0.746. The Morgan fingerprint density at radius 3 is 2.71 bits per heavy atom. The van der Waals surface area contributed by atoms with Crippen LogP contribution in [-0.4, -0.2) is 22.3 Å². The third-order valence-corrected chi connectivity index (χ3v) is 1.85. The lowest BCUT2D eigenvalue weighted by Crippen LogP contribution is -2.01. The maximum absolute atomic E-state index is 10.3. The summed E-state index contributed by atoms with van der Waals surface area (Å²) in [4.78, 5) is 10.3. The van der Waals surface area contributed by atoms with Crippen LogP contribution in [0.1, 0.15) is 24.9 Å². The van der Waals surface area contributed by atoms with Crippen molar-refractivity contribution in [2.24, 2.45) is 0 Å². The molecule has 78 valence electrons. The van der Waals surface area contributed by atoms with Crippen molar-refractivity contribution in [3.8, 4) is 0 Å². The minimum absolute atomic E-state index is 0.0886. The highest BCUT2D eigenvalue weighted by Gasteiger charge is 2.06.